The van der Waals surface area contributed by atoms with E-state index in [9.17, 15) is 9.59 Å². The van der Waals surface area contributed by atoms with Crippen LogP contribution in [0, 0.1) is 12.8 Å². The molecule has 0 fully saturated rings. The van der Waals surface area contributed by atoms with Gasteiger partial charge in [0.25, 0.3) is 0 Å². The minimum atomic E-state index is -0.115. The van der Waals surface area contributed by atoms with Crippen molar-refractivity contribution in [3.05, 3.63) is 58.6 Å². The Bertz CT molecular complexity index is 773. The maximum Gasteiger partial charge on any atom is 0.239 e. The lowest BCUT2D eigenvalue weighted by Crippen LogP contribution is -2.29. The van der Waals surface area contributed by atoms with Gasteiger partial charge in [0.1, 0.15) is 0 Å². The highest BCUT2D eigenvalue weighted by Gasteiger charge is 2.09. The van der Waals surface area contributed by atoms with Crippen molar-refractivity contribution in [3.8, 4) is 0 Å². The highest BCUT2D eigenvalue weighted by atomic mass is 35.5. The molecule has 2 rings (SSSR count). The normalized spacial score (nSPS) is 10.5. The first kappa shape index (κ1) is 19.8. The van der Waals surface area contributed by atoms with Gasteiger partial charge in [-0.15, -0.1) is 0 Å². The number of hydrogen-bond acceptors (Lipinski definition) is 3. The Morgan fingerprint density at radius 2 is 1.77 bits per heavy atom. The maximum absolute atomic E-state index is 12.1. The summed E-state index contributed by atoms with van der Waals surface area (Å²) in [4.78, 5) is 23.9. The van der Waals surface area contributed by atoms with E-state index in [-0.39, 0.29) is 24.3 Å². The van der Waals surface area contributed by atoms with Gasteiger partial charge in [-0.1, -0.05) is 43.6 Å². The van der Waals surface area contributed by atoms with Gasteiger partial charge >= 0.3 is 0 Å². The number of hydrogen-bond donors (Lipinski definition) is 3. The van der Waals surface area contributed by atoms with E-state index in [1.807, 2.05) is 51.1 Å². The standard InChI is InChI=1S/C20H24ClN3O2/c1-13(2)20(26)24-17-9-4-14(3)18(10-17)22-12-19(25)23-11-15-5-7-16(21)8-6-15/h4-10,13,22H,11-12H2,1-3H3,(H,23,25)(H,24,26). The van der Waals surface area contributed by atoms with Crippen molar-refractivity contribution in [2.24, 2.45) is 5.92 Å². The molecule has 0 aliphatic heterocycles. The van der Waals surface area contributed by atoms with Crippen LogP contribution in [-0.2, 0) is 16.1 Å². The molecule has 0 saturated heterocycles. The van der Waals surface area contributed by atoms with Crippen LogP contribution in [-0.4, -0.2) is 18.4 Å². The molecule has 6 heteroatoms. The molecule has 0 aliphatic rings. The van der Waals surface area contributed by atoms with Gasteiger partial charge in [0.2, 0.25) is 11.8 Å². The number of carbonyl (C=O) groups excluding carboxylic acids is 2. The van der Waals surface area contributed by atoms with Crippen LogP contribution in [0.25, 0.3) is 0 Å². The molecule has 26 heavy (non-hydrogen) atoms. The molecular weight excluding hydrogens is 350 g/mol. The fourth-order valence-electron chi connectivity index (χ4n) is 2.22. The van der Waals surface area contributed by atoms with Crippen LogP contribution in [0.2, 0.25) is 5.02 Å². The van der Waals surface area contributed by atoms with E-state index in [0.29, 0.717) is 17.3 Å². The zero-order valence-corrected chi connectivity index (χ0v) is 16.0. The molecule has 0 heterocycles. The van der Waals surface area contributed by atoms with E-state index in [1.165, 1.54) is 0 Å². The first-order valence-electron chi connectivity index (χ1n) is 8.51. The van der Waals surface area contributed by atoms with Crippen molar-refractivity contribution in [1.29, 1.82) is 0 Å². The second-order valence-corrected chi connectivity index (χ2v) is 6.87. The molecule has 0 aliphatic carbocycles. The summed E-state index contributed by atoms with van der Waals surface area (Å²) in [7, 11) is 0. The number of anilines is 2. The lowest BCUT2D eigenvalue weighted by atomic mass is 10.1. The summed E-state index contributed by atoms with van der Waals surface area (Å²) in [5.41, 5.74) is 3.50. The van der Waals surface area contributed by atoms with Crippen molar-refractivity contribution in [1.82, 2.24) is 5.32 Å². The average molecular weight is 374 g/mol. The number of benzene rings is 2. The molecule has 0 spiro atoms. The first-order chi connectivity index (χ1) is 12.3. The van der Waals surface area contributed by atoms with E-state index < -0.39 is 0 Å². The van der Waals surface area contributed by atoms with Crippen LogP contribution in [0.5, 0.6) is 0 Å². The molecular formula is C20H24ClN3O2. The Kier molecular flexibility index (Phi) is 7.04. The summed E-state index contributed by atoms with van der Waals surface area (Å²) in [6.07, 6.45) is 0. The van der Waals surface area contributed by atoms with Crippen molar-refractivity contribution in [2.75, 3.05) is 17.2 Å². The molecule has 0 atom stereocenters. The van der Waals surface area contributed by atoms with Gasteiger partial charge in [0.05, 0.1) is 6.54 Å². The number of aryl methyl sites for hydroxylation is 1. The zero-order chi connectivity index (χ0) is 19.1. The molecule has 5 nitrogen and oxygen atoms in total. The summed E-state index contributed by atoms with van der Waals surface area (Å²) in [6.45, 7) is 6.22. The molecule has 2 aromatic carbocycles. The van der Waals surface area contributed by atoms with E-state index in [2.05, 4.69) is 16.0 Å². The van der Waals surface area contributed by atoms with Crippen LogP contribution >= 0.6 is 11.6 Å². The summed E-state index contributed by atoms with van der Waals surface area (Å²) >= 11 is 5.84. The van der Waals surface area contributed by atoms with E-state index >= 15 is 0 Å². The third kappa shape index (κ3) is 6.08. The van der Waals surface area contributed by atoms with Crippen LogP contribution < -0.4 is 16.0 Å². The maximum atomic E-state index is 12.1. The van der Waals surface area contributed by atoms with Crippen LogP contribution in [0.1, 0.15) is 25.0 Å². The number of nitrogens with one attached hydrogen (secondary N) is 3. The molecule has 0 radical (unpaired) electrons. The van der Waals surface area contributed by atoms with Gasteiger partial charge in [-0.25, -0.2) is 0 Å². The largest absolute Gasteiger partial charge is 0.376 e. The Morgan fingerprint density at radius 3 is 2.42 bits per heavy atom. The van der Waals surface area contributed by atoms with Gasteiger partial charge in [-0.2, -0.15) is 0 Å². The number of carbonyl (C=O) groups is 2. The Labute approximate surface area is 159 Å². The highest BCUT2D eigenvalue weighted by molar-refractivity contribution is 6.30. The molecule has 0 bridgehead atoms. The minimum Gasteiger partial charge on any atom is -0.376 e. The second kappa shape index (κ2) is 9.25. The Balaban J connectivity index is 1.88. The highest BCUT2D eigenvalue weighted by Crippen LogP contribution is 2.20. The van der Waals surface area contributed by atoms with Gasteiger partial charge in [0, 0.05) is 28.9 Å². The molecule has 2 amide bonds. The van der Waals surface area contributed by atoms with Crippen molar-refractivity contribution in [2.45, 2.75) is 27.3 Å². The number of halogens is 1. The third-order valence-corrected chi connectivity index (χ3v) is 4.12. The molecule has 0 aromatic heterocycles. The molecule has 138 valence electrons. The fraction of sp³-hybridized carbons (Fsp3) is 0.300. The van der Waals surface area contributed by atoms with Crippen molar-refractivity contribution in [3.63, 3.8) is 0 Å². The number of rotatable bonds is 7. The second-order valence-electron chi connectivity index (χ2n) is 6.43. The molecule has 2 aromatic rings. The SMILES string of the molecule is Cc1ccc(NC(=O)C(C)C)cc1NCC(=O)NCc1ccc(Cl)cc1. The lowest BCUT2D eigenvalue weighted by Gasteiger charge is -2.13. The third-order valence-electron chi connectivity index (χ3n) is 3.87. The minimum absolute atomic E-state index is 0.0412. The Morgan fingerprint density at radius 1 is 1.08 bits per heavy atom. The predicted molar refractivity (Wildman–Crippen MR) is 106 cm³/mol. The lowest BCUT2D eigenvalue weighted by molar-refractivity contribution is -0.120. The average Bonchev–Trinajstić information content (AvgIpc) is 2.61. The smallest absolute Gasteiger partial charge is 0.239 e. The topological polar surface area (TPSA) is 70.2 Å². The summed E-state index contributed by atoms with van der Waals surface area (Å²) in [5, 5.41) is 9.50. The van der Waals surface area contributed by atoms with Crippen LogP contribution in [0.4, 0.5) is 11.4 Å². The fourth-order valence-corrected chi connectivity index (χ4v) is 2.34. The summed E-state index contributed by atoms with van der Waals surface area (Å²) in [5.74, 6) is -0.247. The zero-order valence-electron chi connectivity index (χ0n) is 15.2. The van der Waals surface area contributed by atoms with Crippen LogP contribution in [0.15, 0.2) is 42.5 Å². The van der Waals surface area contributed by atoms with E-state index in [4.69, 9.17) is 11.6 Å². The van der Waals surface area contributed by atoms with Gasteiger partial charge in [-0.05, 0) is 42.3 Å². The summed E-state index contributed by atoms with van der Waals surface area (Å²) in [6, 6.07) is 12.9. The predicted octanol–water partition coefficient (Wildman–Crippen LogP) is 3.97. The van der Waals surface area contributed by atoms with Gasteiger partial charge < -0.3 is 16.0 Å². The van der Waals surface area contributed by atoms with Crippen LogP contribution in [0.3, 0.4) is 0 Å². The van der Waals surface area contributed by atoms with Crippen molar-refractivity contribution < 1.29 is 9.59 Å². The molecule has 0 saturated carbocycles. The first-order valence-corrected chi connectivity index (χ1v) is 8.89. The van der Waals surface area contributed by atoms with Crippen molar-refractivity contribution >= 4 is 34.8 Å². The monoisotopic (exact) mass is 373 g/mol. The van der Waals surface area contributed by atoms with Gasteiger partial charge in [-0.3, -0.25) is 9.59 Å². The quantitative estimate of drug-likeness (QED) is 0.687. The van der Waals surface area contributed by atoms with E-state index in [0.717, 1.165) is 16.8 Å². The molecule has 0 unspecified atom stereocenters. The summed E-state index contributed by atoms with van der Waals surface area (Å²) < 4.78 is 0. The van der Waals surface area contributed by atoms with Gasteiger partial charge in [0.15, 0.2) is 0 Å². The number of amides is 2. The van der Waals surface area contributed by atoms with E-state index in [1.54, 1.807) is 12.1 Å². The molecule has 3 N–H and O–H groups in total. The Hall–Kier alpha value is -2.53.